The molecule has 1 atom stereocenters. The van der Waals surface area contributed by atoms with E-state index in [9.17, 15) is 0 Å². The van der Waals surface area contributed by atoms with Crippen LogP contribution in [0.4, 0.5) is 0 Å². The topological polar surface area (TPSA) is 13.1 Å². The predicted molar refractivity (Wildman–Crippen MR) is 233 cm³/mol. The molecule has 1 heteroatoms. The zero-order valence-corrected chi connectivity index (χ0v) is 30.2. The van der Waals surface area contributed by atoms with Gasteiger partial charge in [0.1, 0.15) is 11.2 Å². The molecule has 1 heterocycles. The Morgan fingerprint density at radius 1 is 0.364 bits per heavy atom. The van der Waals surface area contributed by atoms with Crippen molar-refractivity contribution >= 4 is 65.4 Å². The number of hydrogen-bond acceptors (Lipinski definition) is 1. The number of benzene rings is 9. The van der Waals surface area contributed by atoms with Crippen molar-refractivity contribution in [3.8, 4) is 22.3 Å². The highest BCUT2D eigenvalue weighted by Gasteiger charge is 2.24. The zero-order chi connectivity index (χ0) is 36.3. The molecule has 258 valence electrons. The second-order valence-corrected chi connectivity index (χ2v) is 14.8. The summed E-state index contributed by atoms with van der Waals surface area (Å²) in [4.78, 5) is 0. The van der Waals surface area contributed by atoms with Crippen LogP contribution in [-0.2, 0) is 0 Å². The molecule has 0 spiro atoms. The zero-order valence-electron chi connectivity index (χ0n) is 30.2. The molecule has 0 amide bonds. The molecule has 0 radical (unpaired) electrons. The van der Waals surface area contributed by atoms with Crippen LogP contribution in [0.15, 0.2) is 205 Å². The van der Waals surface area contributed by atoms with Crippen molar-refractivity contribution in [1.82, 2.24) is 0 Å². The minimum Gasteiger partial charge on any atom is -0.456 e. The monoisotopic (exact) mass is 700 g/mol. The summed E-state index contributed by atoms with van der Waals surface area (Å²) < 4.78 is 6.51. The molecule has 1 unspecified atom stereocenters. The Hall–Kier alpha value is -6.96. The molecule has 10 aromatic rings. The summed E-state index contributed by atoms with van der Waals surface area (Å²) in [5.41, 5.74) is 13.3. The minimum atomic E-state index is 0.242. The minimum absolute atomic E-state index is 0.242. The molecule has 0 N–H and O–H groups in total. The summed E-state index contributed by atoms with van der Waals surface area (Å²) in [7, 11) is 0. The van der Waals surface area contributed by atoms with E-state index < -0.39 is 0 Å². The fourth-order valence-electron chi connectivity index (χ4n) is 9.06. The van der Waals surface area contributed by atoms with Gasteiger partial charge >= 0.3 is 0 Å². The first-order valence-corrected chi connectivity index (χ1v) is 19.2. The van der Waals surface area contributed by atoms with Gasteiger partial charge in [-0.15, -0.1) is 0 Å². The normalized spacial score (nSPS) is 14.5. The van der Waals surface area contributed by atoms with Gasteiger partial charge in [0, 0.05) is 16.7 Å². The highest BCUT2D eigenvalue weighted by atomic mass is 16.3. The lowest BCUT2D eigenvalue weighted by Crippen LogP contribution is -2.07. The summed E-state index contributed by atoms with van der Waals surface area (Å²) in [5.74, 6) is 0.242. The number of rotatable bonds is 5. The average Bonchev–Trinajstić information content (AvgIpc) is 3.63. The number of hydrogen-bond donors (Lipinski definition) is 0. The summed E-state index contributed by atoms with van der Waals surface area (Å²) in [5, 5.41) is 9.84. The predicted octanol–water partition coefficient (Wildman–Crippen LogP) is 15.0. The Kier molecular flexibility index (Phi) is 7.38. The molecular formula is C54H36O. The van der Waals surface area contributed by atoms with Crippen molar-refractivity contribution in [3.05, 3.63) is 217 Å². The SMILES string of the molecule is C1=C(c2ccc3oc4ccc(-c5c6ccccc6c(-c6ccccc6)c6ccccc56)cc4c3c2)CC(c2ccccc2)C(c2ccc3ccccc3c2)=C1. The van der Waals surface area contributed by atoms with Gasteiger partial charge in [0.05, 0.1) is 0 Å². The highest BCUT2D eigenvalue weighted by molar-refractivity contribution is 6.22. The molecule has 0 bridgehead atoms. The van der Waals surface area contributed by atoms with E-state index in [0.29, 0.717) is 0 Å². The number of furan rings is 1. The first-order valence-electron chi connectivity index (χ1n) is 19.2. The molecule has 0 aliphatic heterocycles. The molecule has 1 aromatic heterocycles. The molecule has 1 aliphatic rings. The van der Waals surface area contributed by atoms with Crippen LogP contribution in [0.5, 0.6) is 0 Å². The van der Waals surface area contributed by atoms with Gasteiger partial charge in [-0.05, 0) is 119 Å². The van der Waals surface area contributed by atoms with E-state index in [0.717, 1.165) is 28.4 Å². The smallest absolute Gasteiger partial charge is 0.135 e. The van der Waals surface area contributed by atoms with Gasteiger partial charge in [0.25, 0.3) is 0 Å². The Morgan fingerprint density at radius 3 is 1.56 bits per heavy atom. The van der Waals surface area contributed by atoms with E-state index in [4.69, 9.17) is 4.42 Å². The molecule has 1 aliphatic carbocycles. The fraction of sp³-hybridized carbons (Fsp3) is 0.0370. The molecular weight excluding hydrogens is 665 g/mol. The van der Waals surface area contributed by atoms with Gasteiger partial charge in [-0.2, -0.15) is 0 Å². The highest BCUT2D eigenvalue weighted by Crippen LogP contribution is 2.46. The van der Waals surface area contributed by atoms with Gasteiger partial charge in [0.2, 0.25) is 0 Å². The van der Waals surface area contributed by atoms with Crippen molar-refractivity contribution in [2.75, 3.05) is 0 Å². The third-order valence-corrected chi connectivity index (χ3v) is 11.7. The van der Waals surface area contributed by atoms with Crippen LogP contribution in [0.25, 0.3) is 87.7 Å². The fourth-order valence-corrected chi connectivity index (χ4v) is 9.06. The van der Waals surface area contributed by atoms with E-state index >= 15 is 0 Å². The van der Waals surface area contributed by atoms with Crippen LogP contribution in [0.1, 0.15) is 29.0 Å². The second kappa shape index (κ2) is 12.9. The van der Waals surface area contributed by atoms with Crippen LogP contribution in [-0.4, -0.2) is 0 Å². The molecule has 9 aromatic carbocycles. The van der Waals surface area contributed by atoms with E-state index in [1.54, 1.807) is 0 Å². The maximum atomic E-state index is 6.51. The molecule has 0 fully saturated rings. The van der Waals surface area contributed by atoms with Crippen LogP contribution >= 0.6 is 0 Å². The Morgan fingerprint density at radius 2 is 0.891 bits per heavy atom. The van der Waals surface area contributed by atoms with Gasteiger partial charge < -0.3 is 4.42 Å². The van der Waals surface area contributed by atoms with Crippen molar-refractivity contribution in [2.45, 2.75) is 12.3 Å². The van der Waals surface area contributed by atoms with E-state index in [-0.39, 0.29) is 5.92 Å². The Bertz CT molecular complexity index is 3100. The van der Waals surface area contributed by atoms with Crippen LogP contribution < -0.4 is 0 Å². The average molecular weight is 701 g/mol. The molecule has 0 saturated heterocycles. The standard InChI is InChI=1S/C54H36O/c1-3-14-36(15-4-1)48-32-39(25-28-43(48)41-24-23-35-13-7-8-18-38(35)31-41)40-26-29-51-49(33-40)50-34-42(27-30-52(50)55-51)54-46-21-11-9-19-44(46)53(37-16-5-2-6-17-37)45-20-10-12-22-47(45)54/h1-31,33-34,48H,32H2. The van der Waals surface area contributed by atoms with E-state index in [1.807, 2.05) is 0 Å². The molecule has 11 rings (SSSR count). The lowest BCUT2D eigenvalue weighted by Gasteiger charge is -2.26. The summed E-state index contributed by atoms with van der Waals surface area (Å²) >= 11 is 0. The van der Waals surface area contributed by atoms with Crippen LogP contribution in [0, 0.1) is 0 Å². The second-order valence-electron chi connectivity index (χ2n) is 14.8. The van der Waals surface area contributed by atoms with Crippen LogP contribution in [0.3, 0.4) is 0 Å². The number of allylic oxidation sites excluding steroid dienone is 4. The number of fused-ring (bicyclic) bond motifs is 6. The maximum absolute atomic E-state index is 6.51. The van der Waals surface area contributed by atoms with Gasteiger partial charge in [-0.3, -0.25) is 0 Å². The lowest BCUT2D eigenvalue weighted by molar-refractivity contribution is 0.669. The summed E-state index contributed by atoms with van der Waals surface area (Å²) in [6.07, 6.45) is 5.61. The lowest BCUT2D eigenvalue weighted by atomic mass is 9.77. The molecule has 55 heavy (non-hydrogen) atoms. The van der Waals surface area contributed by atoms with Crippen molar-refractivity contribution in [3.63, 3.8) is 0 Å². The van der Waals surface area contributed by atoms with E-state index in [1.165, 1.54) is 82.4 Å². The van der Waals surface area contributed by atoms with Crippen LogP contribution in [0.2, 0.25) is 0 Å². The van der Waals surface area contributed by atoms with Gasteiger partial charge in [-0.1, -0.05) is 170 Å². The third kappa shape index (κ3) is 5.31. The first-order chi connectivity index (χ1) is 27.3. The molecule has 1 nitrogen and oxygen atoms in total. The Labute approximate surface area is 320 Å². The summed E-state index contributed by atoms with van der Waals surface area (Å²) in [6, 6.07) is 68.5. The third-order valence-electron chi connectivity index (χ3n) is 11.7. The van der Waals surface area contributed by atoms with Crippen molar-refractivity contribution < 1.29 is 4.42 Å². The quantitative estimate of drug-likeness (QED) is 0.163. The van der Waals surface area contributed by atoms with Crippen molar-refractivity contribution in [1.29, 1.82) is 0 Å². The maximum Gasteiger partial charge on any atom is 0.135 e. The van der Waals surface area contributed by atoms with Gasteiger partial charge in [0.15, 0.2) is 0 Å². The van der Waals surface area contributed by atoms with Crippen molar-refractivity contribution in [2.24, 2.45) is 0 Å². The summed E-state index contributed by atoms with van der Waals surface area (Å²) in [6.45, 7) is 0. The Balaban J connectivity index is 1.06. The largest absolute Gasteiger partial charge is 0.456 e. The first kappa shape index (κ1) is 31.6. The molecule has 0 saturated carbocycles. The van der Waals surface area contributed by atoms with E-state index in [2.05, 4.69) is 200 Å². The van der Waals surface area contributed by atoms with Gasteiger partial charge in [-0.25, -0.2) is 0 Å².